The highest BCUT2D eigenvalue weighted by Crippen LogP contribution is 2.02. The summed E-state index contributed by atoms with van der Waals surface area (Å²) in [5.41, 5.74) is 0. The van der Waals surface area contributed by atoms with Crippen LogP contribution < -0.4 is 10.6 Å². The molecular weight excluding hydrogens is 128 g/mol. The number of aliphatic hydroxyl groups is 1. The Morgan fingerprint density at radius 1 is 1.70 bits per heavy atom. The zero-order valence-electron chi connectivity index (χ0n) is 6.43. The zero-order chi connectivity index (χ0) is 7.40. The van der Waals surface area contributed by atoms with Gasteiger partial charge in [0.2, 0.25) is 0 Å². The average molecular weight is 144 g/mol. The van der Waals surface area contributed by atoms with Crippen molar-refractivity contribution in [2.45, 2.75) is 31.9 Å². The molecule has 0 radical (unpaired) electrons. The van der Waals surface area contributed by atoms with E-state index in [9.17, 15) is 0 Å². The molecule has 0 aromatic carbocycles. The van der Waals surface area contributed by atoms with Gasteiger partial charge in [-0.1, -0.05) is 0 Å². The Morgan fingerprint density at radius 2 is 2.50 bits per heavy atom. The molecule has 2 unspecified atom stereocenters. The Balaban J connectivity index is 2.01. The van der Waals surface area contributed by atoms with Gasteiger partial charge in [0.25, 0.3) is 0 Å². The van der Waals surface area contributed by atoms with Crippen LogP contribution in [0.1, 0.15) is 19.8 Å². The van der Waals surface area contributed by atoms with Crippen molar-refractivity contribution in [3.05, 3.63) is 0 Å². The Morgan fingerprint density at radius 3 is 3.00 bits per heavy atom. The minimum atomic E-state index is -0.151. The van der Waals surface area contributed by atoms with Gasteiger partial charge in [-0.05, 0) is 19.8 Å². The van der Waals surface area contributed by atoms with Crippen LogP contribution in [-0.2, 0) is 0 Å². The molecule has 3 nitrogen and oxygen atoms in total. The summed E-state index contributed by atoms with van der Waals surface area (Å²) in [6.07, 6.45) is 1.83. The van der Waals surface area contributed by atoms with Gasteiger partial charge < -0.3 is 15.7 Å². The maximum Gasteiger partial charge on any atom is 0.0512 e. The topological polar surface area (TPSA) is 44.3 Å². The van der Waals surface area contributed by atoms with Gasteiger partial charge in [-0.15, -0.1) is 0 Å². The molecule has 10 heavy (non-hydrogen) atoms. The van der Waals surface area contributed by atoms with Gasteiger partial charge in [-0.25, -0.2) is 0 Å². The van der Waals surface area contributed by atoms with E-state index in [-0.39, 0.29) is 6.10 Å². The minimum Gasteiger partial charge on any atom is -0.393 e. The van der Waals surface area contributed by atoms with E-state index in [1.54, 1.807) is 0 Å². The number of aliphatic hydroxyl groups excluding tert-OH is 1. The van der Waals surface area contributed by atoms with Crippen LogP contribution in [0.25, 0.3) is 0 Å². The number of hydrogen-bond acceptors (Lipinski definition) is 3. The Kier molecular flexibility index (Phi) is 3.12. The monoisotopic (exact) mass is 144 g/mol. The SMILES string of the molecule is CC(O)CCC1CNCN1. The first kappa shape index (κ1) is 7.98. The van der Waals surface area contributed by atoms with E-state index in [0.29, 0.717) is 6.04 Å². The van der Waals surface area contributed by atoms with Crippen LogP contribution in [0.5, 0.6) is 0 Å². The molecule has 1 fully saturated rings. The van der Waals surface area contributed by atoms with Gasteiger partial charge >= 0.3 is 0 Å². The average Bonchev–Trinajstić information content (AvgIpc) is 2.34. The van der Waals surface area contributed by atoms with Gasteiger partial charge in [-0.3, -0.25) is 0 Å². The van der Waals surface area contributed by atoms with E-state index < -0.39 is 0 Å². The second-order valence-corrected chi connectivity index (χ2v) is 2.96. The molecule has 60 valence electrons. The highest BCUT2D eigenvalue weighted by atomic mass is 16.3. The molecule has 1 heterocycles. The highest BCUT2D eigenvalue weighted by molar-refractivity contribution is 4.75. The number of nitrogens with one attached hydrogen (secondary N) is 2. The lowest BCUT2D eigenvalue weighted by atomic mass is 10.1. The van der Waals surface area contributed by atoms with E-state index in [0.717, 1.165) is 26.1 Å². The maximum atomic E-state index is 8.96. The van der Waals surface area contributed by atoms with Crippen molar-refractivity contribution in [1.82, 2.24) is 10.6 Å². The van der Waals surface area contributed by atoms with Gasteiger partial charge in [0.15, 0.2) is 0 Å². The van der Waals surface area contributed by atoms with E-state index in [2.05, 4.69) is 10.6 Å². The summed E-state index contributed by atoms with van der Waals surface area (Å²) in [5, 5.41) is 15.5. The molecule has 1 rings (SSSR count). The van der Waals surface area contributed by atoms with E-state index in [1.807, 2.05) is 6.92 Å². The van der Waals surface area contributed by atoms with Crippen LogP contribution in [0, 0.1) is 0 Å². The third-order valence-electron chi connectivity index (χ3n) is 1.84. The van der Waals surface area contributed by atoms with Crippen LogP contribution >= 0.6 is 0 Å². The smallest absolute Gasteiger partial charge is 0.0512 e. The summed E-state index contributed by atoms with van der Waals surface area (Å²) < 4.78 is 0. The second-order valence-electron chi connectivity index (χ2n) is 2.96. The fourth-order valence-corrected chi connectivity index (χ4v) is 1.18. The quantitative estimate of drug-likeness (QED) is 0.508. The van der Waals surface area contributed by atoms with E-state index in [4.69, 9.17) is 5.11 Å². The van der Waals surface area contributed by atoms with E-state index >= 15 is 0 Å². The van der Waals surface area contributed by atoms with Crippen LogP contribution in [0.15, 0.2) is 0 Å². The fourth-order valence-electron chi connectivity index (χ4n) is 1.18. The Labute approximate surface area is 61.8 Å². The summed E-state index contributed by atoms with van der Waals surface area (Å²) in [6.45, 7) is 3.81. The molecule has 0 aromatic rings. The van der Waals surface area contributed by atoms with Crippen molar-refractivity contribution >= 4 is 0 Å². The minimum absolute atomic E-state index is 0.151. The van der Waals surface area contributed by atoms with Crippen molar-refractivity contribution < 1.29 is 5.11 Å². The van der Waals surface area contributed by atoms with Crippen LogP contribution in [-0.4, -0.2) is 30.5 Å². The molecule has 0 saturated carbocycles. The first-order valence-corrected chi connectivity index (χ1v) is 3.91. The molecule has 0 aromatic heterocycles. The second kappa shape index (κ2) is 3.91. The van der Waals surface area contributed by atoms with Crippen molar-refractivity contribution in [2.24, 2.45) is 0 Å². The molecule has 0 aliphatic carbocycles. The number of rotatable bonds is 3. The molecule has 0 bridgehead atoms. The predicted octanol–water partition coefficient (Wildman–Crippen LogP) is -0.334. The summed E-state index contributed by atoms with van der Waals surface area (Å²) in [6, 6.07) is 0.578. The van der Waals surface area contributed by atoms with Crippen molar-refractivity contribution in [3.63, 3.8) is 0 Å². The van der Waals surface area contributed by atoms with Gasteiger partial charge in [0.1, 0.15) is 0 Å². The number of hydrogen-bond donors (Lipinski definition) is 3. The van der Waals surface area contributed by atoms with E-state index in [1.165, 1.54) is 0 Å². The Hall–Kier alpha value is -0.120. The molecule has 2 atom stereocenters. The molecule has 1 saturated heterocycles. The Bertz CT molecular complexity index is 89.6. The first-order valence-electron chi connectivity index (χ1n) is 3.91. The maximum absolute atomic E-state index is 8.96. The van der Waals surface area contributed by atoms with Crippen molar-refractivity contribution in [3.8, 4) is 0 Å². The fraction of sp³-hybridized carbons (Fsp3) is 1.00. The normalized spacial score (nSPS) is 28.8. The third-order valence-corrected chi connectivity index (χ3v) is 1.84. The summed E-state index contributed by atoms with van der Waals surface area (Å²) in [7, 11) is 0. The van der Waals surface area contributed by atoms with Crippen molar-refractivity contribution in [2.75, 3.05) is 13.2 Å². The van der Waals surface area contributed by atoms with Gasteiger partial charge in [0, 0.05) is 19.3 Å². The molecule has 3 N–H and O–H groups in total. The molecule has 3 heteroatoms. The largest absolute Gasteiger partial charge is 0.393 e. The predicted molar refractivity (Wildman–Crippen MR) is 40.7 cm³/mol. The highest BCUT2D eigenvalue weighted by Gasteiger charge is 2.12. The van der Waals surface area contributed by atoms with Crippen LogP contribution in [0.2, 0.25) is 0 Å². The molecule has 1 aliphatic rings. The first-order chi connectivity index (χ1) is 4.79. The molecule has 0 spiro atoms. The van der Waals surface area contributed by atoms with Gasteiger partial charge in [0.05, 0.1) is 6.10 Å². The van der Waals surface area contributed by atoms with Crippen LogP contribution in [0.4, 0.5) is 0 Å². The van der Waals surface area contributed by atoms with Crippen molar-refractivity contribution in [1.29, 1.82) is 0 Å². The van der Waals surface area contributed by atoms with Crippen LogP contribution in [0.3, 0.4) is 0 Å². The molecule has 0 amide bonds. The molecular formula is C7H16N2O. The third kappa shape index (κ3) is 2.64. The zero-order valence-corrected chi connectivity index (χ0v) is 6.43. The standard InChI is InChI=1S/C7H16N2O/c1-6(10)2-3-7-4-8-5-9-7/h6-10H,2-5H2,1H3. The lowest BCUT2D eigenvalue weighted by Gasteiger charge is -2.09. The van der Waals surface area contributed by atoms with Gasteiger partial charge in [-0.2, -0.15) is 0 Å². The lowest BCUT2D eigenvalue weighted by Crippen LogP contribution is -2.24. The molecule has 1 aliphatic heterocycles. The lowest BCUT2D eigenvalue weighted by molar-refractivity contribution is 0.178. The summed E-state index contributed by atoms with van der Waals surface area (Å²) in [5.74, 6) is 0. The summed E-state index contributed by atoms with van der Waals surface area (Å²) in [4.78, 5) is 0. The summed E-state index contributed by atoms with van der Waals surface area (Å²) >= 11 is 0.